The fraction of sp³-hybridized carbons (Fsp3) is 0.333. The molecule has 0 spiro atoms. The number of aryl methyl sites for hydroxylation is 2. The van der Waals surface area contributed by atoms with Crippen LogP contribution in [-0.2, 0) is 27.1 Å². The molecule has 3 heterocycles. The van der Waals surface area contributed by atoms with Gasteiger partial charge in [-0.05, 0) is 181 Å². The van der Waals surface area contributed by atoms with Crippen molar-refractivity contribution in [1.82, 2.24) is 0 Å². The van der Waals surface area contributed by atoms with Gasteiger partial charge in [-0.1, -0.05) is 149 Å². The molecule has 8 aromatic rings. The van der Waals surface area contributed by atoms with Gasteiger partial charge in [-0.25, -0.2) is 0 Å². The number of anilines is 6. The summed E-state index contributed by atoms with van der Waals surface area (Å²) in [5, 5.41) is 2.73. The molecule has 12 rings (SSSR count). The van der Waals surface area contributed by atoms with Crippen molar-refractivity contribution in [3.8, 4) is 11.1 Å². The van der Waals surface area contributed by atoms with E-state index in [-0.39, 0.29) is 33.8 Å². The van der Waals surface area contributed by atoms with Gasteiger partial charge in [0.2, 0.25) is 0 Å². The van der Waals surface area contributed by atoms with Crippen molar-refractivity contribution in [1.29, 1.82) is 0 Å². The molecule has 0 radical (unpaired) electrons. The fourth-order valence-corrected chi connectivity index (χ4v) is 14.6. The Bertz CT molecular complexity index is 3410. The largest absolute Gasteiger partial charge is 0.311 e. The standard InChI is InChI=1S/C63H65BN2S/c1-37-19-17-18-22-49(37)65-50-25-24-42-43-32-41(59(3,4)5)23-26-55(43)67-58(42)57(50)64-48-33-45-47(63(12,13)36-62(45,10)11)35-52(48)66(54-31-40(30-53(65)56(54)64)39-20-15-14-16-21-39)51-34-46-44(29-38(51)2)60(6,7)27-28-61(46,8)9/h14-26,29-35H,27-28,36H2,1-13H3. The van der Waals surface area contributed by atoms with E-state index in [4.69, 9.17) is 0 Å². The lowest BCUT2D eigenvalue weighted by Gasteiger charge is -2.47. The van der Waals surface area contributed by atoms with Gasteiger partial charge < -0.3 is 9.80 Å². The first-order valence-corrected chi connectivity index (χ1v) is 25.7. The van der Waals surface area contributed by atoms with Crippen molar-refractivity contribution in [3.63, 3.8) is 0 Å². The second-order valence-electron chi connectivity index (χ2n) is 24.5. The lowest BCUT2D eigenvalue weighted by molar-refractivity contribution is 0.332. The normalized spacial score (nSPS) is 18.1. The highest BCUT2D eigenvalue weighted by atomic mass is 32.1. The van der Waals surface area contributed by atoms with Crippen molar-refractivity contribution in [2.75, 3.05) is 9.80 Å². The highest BCUT2D eigenvalue weighted by Crippen LogP contribution is 2.55. The topological polar surface area (TPSA) is 6.48 Å². The Morgan fingerprint density at radius 2 is 1.07 bits per heavy atom. The molecule has 0 saturated carbocycles. The van der Waals surface area contributed by atoms with Gasteiger partial charge in [0.25, 0.3) is 6.71 Å². The van der Waals surface area contributed by atoms with E-state index in [1.165, 1.54) is 134 Å². The van der Waals surface area contributed by atoms with Crippen LogP contribution in [0.25, 0.3) is 31.3 Å². The highest BCUT2D eigenvalue weighted by Gasteiger charge is 2.49. The molecule has 67 heavy (non-hydrogen) atoms. The van der Waals surface area contributed by atoms with E-state index in [2.05, 4.69) is 221 Å². The predicted octanol–water partition coefficient (Wildman–Crippen LogP) is 16.0. The summed E-state index contributed by atoms with van der Waals surface area (Å²) >= 11 is 1.99. The zero-order chi connectivity index (χ0) is 46.9. The van der Waals surface area contributed by atoms with E-state index >= 15 is 0 Å². The Morgan fingerprint density at radius 1 is 0.478 bits per heavy atom. The van der Waals surface area contributed by atoms with E-state index < -0.39 is 0 Å². The van der Waals surface area contributed by atoms with E-state index in [9.17, 15) is 0 Å². The number of nitrogens with zero attached hydrogens (tertiary/aromatic N) is 2. The molecule has 7 aromatic carbocycles. The molecule has 0 bridgehead atoms. The van der Waals surface area contributed by atoms with Crippen molar-refractivity contribution < 1.29 is 0 Å². The monoisotopic (exact) mass is 892 g/mol. The predicted molar refractivity (Wildman–Crippen MR) is 293 cm³/mol. The maximum atomic E-state index is 2.74. The third-order valence-corrected chi connectivity index (χ3v) is 18.1. The molecule has 0 N–H and O–H groups in total. The Kier molecular flexibility index (Phi) is 8.94. The molecule has 2 aliphatic carbocycles. The summed E-state index contributed by atoms with van der Waals surface area (Å²) in [6, 6.07) is 48.0. The lowest BCUT2D eigenvalue weighted by atomic mass is 9.33. The summed E-state index contributed by atoms with van der Waals surface area (Å²) in [5.41, 5.74) is 24.7. The lowest BCUT2D eigenvalue weighted by Crippen LogP contribution is -2.61. The molecule has 0 fully saturated rings. The van der Waals surface area contributed by atoms with E-state index in [1.807, 2.05) is 11.3 Å². The van der Waals surface area contributed by atoms with Crippen LogP contribution in [0.4, 0.5) is 34.1 Å². The van der Waals surface area contributed by atoms with Gasteiger partial charge in [-0.15, -0.1) is 11.3 Å². The van der Waals surface area contributed by atoms with Crippen LogP contribution in [0.2, 0.25) is 0 Å². The zero-order valence-corrected chi connectivity index (χ0v) is 42.9. The summed E-state index contributed by atoms with van der Waals surface area (Å²) in [5.74, 6) is 0. The van der Waals surface area contributed by atoms with Crippen LogP contribution in [0.15, 0.2) is 121 Å². The second-order valence-corrected chi connectivity index (χ2v) is 25.5. The Morgan fingerprint density at radius 3 is 1.75 bits per heavy atom. The molecule has 4 aliphatic rings. The summed E-state index contributed by atoms with van der Waals surface area (Å²) in [4.78, 5) is 5.39. The van der Waals surface area contributed by atoms with Gasteiger partial charge in [0.05, 0.1) is 0 Å². The number of hydrogen-bond donors (Lipinski definition) is 0. The van der Waals surface area contributed by atoms with Gasteiger partial charge >= 0.3 is 0 Å². The van der Waals surface area contributed by atoms with Gasteiger partial charge in [0, 0.05) is 48.9 Å². The van der Waals surface area contributed by atoms with Crippen LogP contribution in [0.3, 0.4) is 0 Å². The molecule has 0 unspecified atom stereocenters. The molecule has 0 saturated heterocycles. The van der Waals surface area contributed by atoms with Crippen LogP contribution >= 0.6 is 11.3 Å². The smallest absolute Gasteiger partial charge is 0.254 e. The zero-order valence-electron chi connectivity index (χ0n) is 42.0. The minimum absolute atomic E-state index is 0.00769. The van der Waals surface area contributed by atoms with E-state index in [0.717, 1.165) is 6.42 Å². The number of benzene rings is 7. The molecule has 1 aromatic heterocycles. The van der Waals surface area contributed by atoms with Gasteiger partial charge in [0.1, 0.15) is 0 Å². The van der Waals surface area contributed by atoms with Crippen LogP contribution in [0, 0.1) is 13.8 Å². The molecule has 0 amide bonds. The third-order valence-electron chi connectivity index (χ3n) is 16.9. The van der Waals surface area contributed by atoms with Crippen LogP contribution in [0.5, 0.6) is 0 Å². The Balaban J connectivity index is 1.27. The van der Waals surface area contributed by atoms with Crippen molar-refractivity contribution >= 4 is 88.7 Å². The molecular weight excluding hydrogens is 828 g/mol. The molecule has 0 atom stereocenters. The number of para-hydroxylation sites is 1. The van der Waals surface area contributed by atoms with Crippen molar-refractivity contribution in [3.05, 3.63) is 160 Å². The first-order valence-electron chi connectivity index (χ1n) is 24.9. The molecule has 2 nitrogen and oxygen atoms in total. The number of rotatable bonds is 3. The van der Waals surface area contributed by atoms with Crippen molar-refractivity contribution in [2.45, 2.75) is 136 Å². The number of thiophene rings is 1. The first kappa shape index (κ1) is 42.8. The summed E-state index contributed by atoms with van der Waals surface area (Å²) < 4.78 is 2.76. The minimum atomic E-state index is 0.00769. The first-order chi connectivity index (χ1) is 31.6. The molecule has 4 heteroatoms. The number of fused-ring (bicyclic) bond motifs is 10. The van der Waals surface area contributed by atoms with Crippen LogP contribution < -0.4 is 26.2 Å². The van der Waals surface area contributed by atoms with Crippen LogP contribution in [0.1, 0.15) is 134 Å². The van der Waals surface area contributed by atoms with Gasteiger partial charge in [-0.2, -0.15) is 0 Å². The summed E-state index contributed by atoms with van der Waals surface area (Å²) in [6.07, 6.45) is 3.49. The van der Waals surface area contributed by atoms with Gasteiger partial charge in [-0.3, -0.25) is 0 Å². The summed E-state index contributed by atoms with van der Waals surface area (Å²) in [6.45, 7) is 31.5. The minimum Gasteiger partial charge on any atom is -0.311 e. The van der Waals surface area contributed by atoms with Crippen LogP contribution in [-0.4, -0.2) is 6.71 Å². The highest BCUT2D eigenvalue weighted by molar-refractivity contribution is 7.28. The Labute approximate surface area is 404 Å². The quantitative estimate of drug-likeness (QED) is 0.163. The summed E-state index contributed by atoms with van der Waals surface area (Å²) in [7, 11) is 0. The molecular formula is C63H65BN2S. The molecule has 2 aliphatic heterocycles. The maximum Gasteiger partial charge on any atom is 0.254 e. The number of hydrogen-bond acceptors (Lipinski definition) is 3. The average molecular weight is 893 g/mol. The van der Waals surface area contributed by atoms with Gasteiger partial charge in [0.15, 0.2) is 0 Å². The average Bonchev–Trinajstić information content (AvgIpc) is 3.74. The SMILES string of the molecule is Cc1cc2c(cc1N1c3cc4c(cc3B3c5c1cc(-c1ccccc1)cc5N(c1ccccc1C)c1ccc5c(sc6ccc(C(C)(C)C)cc65)c13)C(C)(C)CC4(C)C)C(C)(C)CCC2(C)C. The third kappa shape index (κ3) is 6.20. The second kappa shape index (κ2) is 14.0. The maximum absolute atomic E-state index is 2.74. The van der Waals surface area contributed by atoms with E-state index in [0.29, 0.717) is 0 Å². The van der Waals surface area contributed by atoms with E-state index in [1.54, 1.807) is 0 Å². The molecule has 336 valence electrons. The Hall–Kier alpha value is -5.58. The fourth-order valence-electron chi connectivity index (χ4n) is 13.3. The van der Waals surface area contributed by atoms with Crippen molar-refractivity contribution in [2.24, 2.45) is 0 Å².